The molecule has 0 unspecified atom stereocenters. The second kappa shape index (κ2) is 5.52. The Morgan fingerprint density at radius 2 is 1.60 bits per heavy atom. The molecule has 0 aliphatic carbocycles. The molecule has 0 amide bonds. The van der Waals surface area contributed by atoms with Crippen LogP contribution in [0.5, 0.6) is 0 Å². The highest BCUT2D eigenvalue weighted by Gasteiger charge is 2.04. The van der Waals surface area contributed by atoms with Gasteiger partial charge in [0, 0.05) is 18.0 Å². The molecule has 0 saturated heterocycles. The third-order valence-corrected chi connectivity index (χ3v) is 2.77. The molecular weight excluding hydrogens is 263 g/mol. The largest absolute Gasteiger partial charge is 0.550 e. The average Bonchev–Trinajstić information content (AvgIpc) is 2.38. The molecule has 0 fully saturated rings. The third-order valence-electron chi connectivity index (χ3n) is 2.77. The van der Waals surface area contributed by atoms with Gasteiger partial charge in [0.25, 0.3) is 0 Å². The minimum absolute atomic E-state index is 0.215. The number of carboxylic acid groups (broad SMARTS) is 2. The molecule has 0 bridgehead atoms. The summed E-state index contributed by atoms with van der Waals surface area (Å²) in [6.07, 6.45) is -0.215. The molecule has 2 aromatic rings. The highest BCUT2D eigenvalue weighted by Crippen LogP contribution is 2.22. The highest BCUT2D eigenvalue weighted by atomic mass is 19.1. The summed E-state index contributed by atoms with van der Waals surface area (Å²) in [7, 11) is 0. The van der Waals surface area contributed by atoms with Gasteiger partial charge in [0.1, 0.15) is 5.82 Å². The summed E-state index contributed by atoms with van der Waals surface area (Å²) in [6, 6.07) is 9.68. The summed E-state index contributed by atoms with van der Waals surface area (Å²) in [5.74, 6) is -3.33. The predicted molar refractivity (Wildman–Crippen MR) is 64.9 cm³/mol. The van der Waals surface area contributed by atoms with E-state index in [0.717, 1.165) is 6.07 Å². The van der Waals surface area contributed by atoms with Gasteiger partial charge in [-0.1, -0.05) is 24.3 Å². The first-order valence-corrected chi connectivity index (χ1v) is 5.77. The van der Waals surface area contributed by atoms with E-state index in [1.165, 1.54) is 12.1 Å². The van der Waals surface area contributed by atoms with Crippen molar-refractivity contribution in [3.05, 3.63) is 59.4 Å². The summed E-state index contributed by atoms with van der Waals surface area (Å²) in [6.45, 7) is 0. The summed E-state index contributed by atoms with van der Waals surface area (Å²) < 4.78 is 13.3. The highest BCUT2D eigenvalue weighted by molar-refractivity contribution is 5.87. The van der Waals surface area contributed by atoms with Crippen molar-refractivity contribution in [2.45, 2.75) is 6.42 Å². The summed E-state index contributed by atoms with van der Waals surface area (Å²) in [4.78, 5) is 21.2. The Hall–Kier alpha value is -2.69. The van der Waals surface area contributed by atoms with Crippen LogP contribution in [0.1, 0.15) is 15.9 Å². The predicted octanol–water partition coefficient (Wildman–Crippen LogP) is 0.149. The molecule has 0 heterocycles. The van der Waals surface area contributed by atoms with Crippen LogP contribution in [0.25, 0.3) is 11.1 Å². The molecule has 0 aliphatic rings. The molecule has 4 nitrogen and oxygen atoms in total. The van der Waals surface area contributed by atoms with Gasteiger partial charge in [0.2, 0.25) is 0 Å². The zero-order valence-electron chi connectivity index (χ0n) is 10.3. The van der Waals surface area contributed by atoms with Crippen molar-refractivity contribution in [1.29, 1.82) is 0 Å². The van der Waals surface area contributed by atoms with Crippen LogP contribution in [0, 0.1) is 5.82 Å². The summed E-state index contributed by atoms with van der Waals surface area (Å²) >= 11 is 0. The van der Waals surface area contributed by atoms with Crippen LogP contribution >= 0.6 is 0 Å². The molecule has 5 heteroatoms. The van der Waals surface area contributed by atoms with Gasteiger partial charge in [-0.3, -0.25) is 0 Å². The Labute approximate surface area is 114 Å². The Morgan fingerprint density at radius 3 is 2.15 bits per heavy atom. The van der Waals surface area contributed by atoms with Crippen LogP contribution in [-0.4, -0.2) is 11.9 Å². The molecule has 0 radical (unpaired) electrons. The minimum Gasteiger partial charge on any atom is -0.550 e. The monoisotopic (exact) mass is 272 g/mol. The lowest BCUT2D eigenvalue weighted by atomic mass is 10.0. The molecule has 0 aliphatic heterocycles. The van der Waals surface area contributed by atoms with Gasteiger partial charge in [0.15, 0.2) is 0 Å². The lowest BCUT2D eigenvalue weighted by molar-refractivity contribution is -0.304. The quantitative estimate of drug-likeness (QED) is 0.793. The smallest absolute Gasteiger partial charge is 0.124 e. The van der Waals surface area contributed by atoms with E-state index < -0.39 is 17.8 Å². The van der Waals surface area contributed by atoms with Gasteiger partial charge in [-0.05, 0) is 34.9 Å². The van der Waals surface area contributed by atoms with E-state index in [2.05, 4.69) is 0 Å². The van der Waals surface area contributed by atoms with Crippen molar-refractivity contribution < 1.29 is 24.2 Å². The molecule has 0 atom stereocenters. The van der Waals surface area contributed by atoms with Gasteiger partial charge < -0.3 is 19.8 Å². The maximum Gasteiger partial charge on any atom is 0.124 e. The molecule has 0 saturated carbocycles. The molecular formula is C15H9FO4-2. The Morgan fingerprint density at radius 1 is 0.950 bits per heavy atom. The van der Waals surface area contributed by atoms with E-state index in [-0.39, 0.29) is 12.0 Å². The standard InChI is InChI=1S/C15H11FO4/c16-13-7-11(6-12(8-13)15(19)20)10-3-1-9(2-4-10)5-14(17)18/h1-4,6-8H,5H2,(H,17,18)(H,19,20)/p-2. The van der Waals surface area contributed by atoms with E-state index in [0.29, 0.717) is 16.7 Å². The molecule has 0 N–H and O–H groups in total. The number of aromatic carboxylic acids is 1. The van der Waals surface area contributed by atoms with Crippen LogP contribution in [-0.2, 0) is 11.2 Å². The molecule has 20 heavy (non-hydrogen) atoms. The van der Waals surface area contributed by atoms with Crippen LogP contribution in [0.3, 0.4) is 0 Å². The maximum atomic E-state index is 13.3. The zero-order chi connectivity index (χ0) is 14.7. The van der Waals surface area contributed by atoms with E-state index in [1.54, 1.807) is 24.3 Å². The number of halogens is 1. The van der Waals surface area contributed by atoms with Gasteiger partial charge in [-0.25, -0.2) is 4.39 Å². The normalized spacial score (nSPS) is 10.2. The Kier molecular flexibility index (Phi) is 3.79. The number of rotatable bonds is 4. The van der Waals surface area contributed by atoms with Gasteiger partial charge in [-0.2, -0.15) is 0 Å². The fourth-order valence-corrected chi connectivity index (χ4v) is 1.86. The van der Waals surface area contributed by atoms with E-state index in [1.807, 2.05) is 0 Å². The molecule has 2 aromatic carbocycles. The second-order valence-corrected chi connectivity index (χ2v) is 4.26. The molecule has 102 valence electrons. The zero-order valence-corrected chi connectivity index (χ0v) is 10.3. The molecule has 2 rings (SSSR count). The third kappa shape index (κ3) is 3.20. The summed E-state index contributed by atoms with van der Waals surface area (Å²) in [5.41, 5.74) is 1.25. The van der Waals surface area contributed by atoms with Crippen LogP contribution in [0.4, 0.5) is 4.39 Å². The van der Waals surface area contributed by atoms with Crippen LogP contribution in [0.2, 0.25) is 0 Å². The van der Waals surface area contributed by atoms with Crippen LogP contribution < -0.4 is 10.2 Å². The average molecular weight is 272 g/mol. The summed E-state index contributed by atoms with van der Waals surface area (Å²) in [5, 5.41) is 21.2. The SMILES string of the molecule is O=C([O-])Cc1ccc(-c2cc(F)cc(C(=O)[O-])c2)cc1. The lowest BCUT2D eigenvalue weighted by Gasteiger charge is -2.08. The second-order valence-electron chi connectivity index (χ2n) is 4.26. The number of carboxylic acids is 2. The van der Waals surface area contributed by atoms with Crippen molar-refractivity contribution >= 4 is 11.9 Å². The van der Waals surface area contributed by atoms with E-state index >= 15 is 0 Å². The van der Waals surface area contributed by atoms with E-state index in [4.69, 9.17) is 0 Å². The first kappa shape index (κ1) is 13.7. The number of aliphatic carboxylic acids is 1. The van der Waals surface area contributed by atoms with Crippen molar-refractivity contribution in [3.63, 3.8) is 0 Å². The minimum atomic E-state index is -1.46. The number of benzene rings is 2. The van der Waals surface area contributed by atoms with Crippen molar-refractivity contribution in [2.75, 3.05) is 0 Å². The van der Waals surface area contributed by atoms with Gasteiger partial charge >= 0.3 is 0 Å². The van der Waals surface area contributed by atoms with Gasteiger partial charge in [-0.15, -0.1) is 0 Å². The lowest BCUT2D eigenvalue weighted by Crippen LogP contribution is -2.24. The van der Waals surface area contributed by atoms with Crippen molar-refractivity contribution in [1.82, 2.24) is 0 Å². The number of carbonyl (C=O) groups is 2. The Bertz CT molecular complexity index is 662. The fraction of sp³-hybridized carbons (Fsp3) is 0.0667. The number of hydrogen-bond donors (Lipinski definition) is 0. The first-order valence-electron chi connectivity index (χ1n) is 5.77. The Balaban J connectivity index is 2.36. The van der Waals surface area contributed by atoms with Gasteiger partial charge in [0.05, 0.1) is 5.97 Å². The van der Waals surface area contributed by atoms with E-state index in [9.17, 15) is 24.2 Å². The topological polar surface area (TPSA) is 80.3 Å². The van der Waals surface area contributed by atoms with Crippen molar-refractivity contribution in [3.8, 4) is 11.1 Å². The molecule has 0 aromatic heterocycles. The van der Waals surface area contributed by atoms with Crippen LogP contribution in [0.15, 0.2) is 42.5 Å². The molecule has 0 spiro atoms. The number of hydrogen-bond acceptors (Lipinski definition) is 4. The maximum absolute atomic E-state index is 13.3. The fourth-order valence-electron chi connectivity index (χ4n) is 1.86. The first-order chi connectivity index (χ1) is 9.45. The number of carbonyl (C=O) groups excluding carboxylic acids is 2. The van der Waals surface area contributed by atoms with Crippen molar-refractivity contribution in [2.24, 2.45) is 0 Å².